The van der Waals surface area contributed by atoms with Gasteiger partial charge < -0.3 is 14.5 Å². The summed E-state index contributed by atoms with van der Waals surface area (Å²) in [6.45, 7) is 7.32. The highest BCUT2D eigenvalue weighted by Crippen LogP contribution is 2.23. The van der Waals surface area contributed by atoms with Crippen molar-refractivity contribution in [3.05, 3.63) is 18.1 Å². The van der Waals surface area contributed by atoms with Gasteiger partial charge >= 0.3 is 0 Å². The molecule has 0 spiro atoms. The van der Waals surface area contributed by atoms with E-state index in [2.05, 4.69) is 45.1 Å². The molecule has 1 fully saturated rings. The van der Waals surface area contributed by atoms with Crippen molar-refractivity contribution in [2.24, 2.45) is 5.92 Å². The molecule has 2 aromatic heterocycles. The molecule has 1 atom stereocenters. The van der Waals surface area contributed by atoms with E-state index in [1.165, 1.54) is 19.4 Å². The van der Waals surface area contributed by atoms with Gasteiger partial charge in [0.15, 0.2) is 0 Å². The maximum absolute atomic E-state index is 5.22. The molecule has 1 aliphatic rings. The van der Waals surface area contributed by atoms with Gasteiger partial charge in [-0.3, -0.25) is 0 Å². The van der Waals surface area contributed by atoms with E-state index >= 15 is 0 Å². The molecule has 0 radical (unpaired) electrons. The molecule has 3 rings (SSSR count). The Morgan fingerprint density at radius 3 is 3.08 bits per heavy atom. The zero-order chi connectivity index (χ0) is 16.9. The number of aromatic nitrogens is 4. The van der Waals surface area contributed by atoms with E-state index in [0.29, 0.717) is 5.92 Å². The Labute approximate surface area is 143 Å². The molecule has 0 saturated carbocycles. The van der Waals surface area contributed by atoms with Gasteiger partial charge in [0.25, 0.3) is 0 Å². The zero-order valence-corrected chi connectivity index (χ0v) is 15.0. The third-order valence-electron chi connectivity index (χ3n) is 4.82. The Balaban J connectivity index is 1.70. The monoisotopic (exact) mass is 332 g/mol. The molecule has 7 nitrogen and oxygen atoms in total. The summed E-state index contributed by atoms with van der Waals surface area (Å²) >= 11 is 0. The van der Waals surface area contributed by atoms with Crippen LogP contribution in [-0.4, -0.2) is 71.7 Å². The van der Waals surface area contributed by atoms with Crippen LogP contribution in [0, 0.1) is 5.92 Å². The number of hydrogen-bond acceptors (Lipinski definition) is 6. The van der Waals surface area contributed by atoms with Gasteiger partial charge in [0.05, 0.1) is 18.0 Å². The fraction of sp³-hybridized carbons (Fsp3) is 0.706. The highest BCUT2D eigenvalue weighted by Gasteiger charge is 2.22. The van der Waals surface area contributed by atoms with Crippen molar-refractivity contribution in [1.82, 2.24) is 24.7 Å². The minimum absolute atomic E-state index is 0.668. The van der Waals surface area contributed by atoms with Crippen LogP contribution in [0.4, 0.5) is 5.69 Å². The number of piperidine rings is 1. The number of aryl methyl sites for hydroxylation is 1. The second-order valence-corrected chi connectivity index (χ2v) is 6.66. The number of rotatable bonds is 7. The molecule has 3 heterocycles. The van der Waals surface area contributed by atoms with Crippen LogP contribution < -0.4 is 4.90 Å². The first-order chi connectivity index (χ1) is 11.7. The van der Waals surface area contributed by atoms with Gasteiger partial charge in [-0.05, 0) is 37.8 Å². The summed E-state index contributed by atoms with van der Waals surface area (Å²) in [7, 11) is 3.92. The molecule has 1 unspecified atom stereocenters. The van der Waals surface area contributed by atoms with Gasteiger partial charge in [0.1, 0.15) is 6.33 Å². The standard InChI is InChI=1S/C17H28N6O/c1-4-15-10-16(17-19-18-13-23(17)20-15)21(2)11-14-6-5-7-22(12-14)8-9-24-3/h10,13-14H,4-9,11-12H2,1-3H3. The van der Waals surface area contributed by atoms with E-state index in [1.807, 2.05) is 0 Å². The van der Waals surface area contributed by atoms with Crippen LogP contribution in [0.3, 0.4) is 0 Å². The van der Waals surface area contributed by atoms with Crippen molar-refractivity contribution in [2.45, 2.75) is 26.2 Å². The van der Waals surface area contributed by atoms with Gasteiger partial charge in [0.2, 0.25) is 5.65 Å². The number of likely N-dealkylation sites (tertiary alicyclic amines) is 1. The molecule has 2 aromatic rings. The summed E-state index contributed by atoms with van der Waals surface area (Å²) in [6.07, 6.45) is 5.13. The predicted octanol–water partition coefficient (Wildman–Crippen LogP) is 1.48. The zero-order valence-electron chi connectivity index (χ0n) is 15.0. The Morgan fingerprint density at radius 1 is 1.42 bits per heavy atom. The summed E-state index contributed by atoms with van der Waals surface area (Å²) in [5, 5.41) is 12.8. The number of anilines is 1. The second kappa shape index (κ2) is 7.90. The Hall–Kier alpha value is -1.73. The first-order valence-electron chi connectivity index (χ1n) is 8.83. The fourth-order valence-corrected chi connectivity index (χ4v) is 3.52. The van der Waals surface area contributed by atoms with Gasteiger partial charge in [-0.15, -0.1) is 10.2 Å². The average molecular weight is 332 g/mol. The van der Waals surface area contributed by atoms with Crippen LogP contribution in [-0.2, 0) is 11.2 Å². The first-order valence-corrected chi connectivity index (χ1v) is 8.83. The lowest BCUT2D eigenvalue weighted by atomic mass is 9.97. The highest BCUT2D eigenvalue weighted by atomic mass is 16.5. The van der Waals surface area contributed by atoms with E-state index in [4.69, 9.17) is 4.74 Å². The van der Waals surface area contributed by atoms with Crippen LogP contribution in [0.25, 0.3) is 5.65 Å². The quantitative estimate of drug-likeness (QED) is 0.765. The molecule has 0 bridgehead atoms. The molecular formula is C17H28N6O. The minimum atomic E-state index is 0.668. The van der Waals surface area contributed by atoms with Crippen molar-refractivity contribution < 1.29 is 4.74 Å². The molecule has 24 heavy (non-hydrogen) atoms. The topological polar surface area (TPSA) is 58.8 Å². The SMILES string of the molecule is CCc1cc(N(C)CC2CCCN(CCOC)C2)c2nncn2n1. The van der Waals surface area contributed by atoms with E-state index in [-0.39, 0.29) is 0 Å². The minimum Gasteiger partial charge on any atom is -0.383 e. The van der Waals surface area contributed by atoms with Crippen LogP contribution in [0.5, 0.6) is 0 Å². The Bertz CT molecular complexity index is 658. The molecule has 0 N–H and O–H groups in total. The fourth-order valence-electron chi connectivity index (χ4n) is 3.52. The van der Waals surface area contributed by atoms with E-state index in [0.717, 1.165) is 49.7 Å². The van der Waals surface area contributed by atoms with Gasteiger partial charge in [-0.1, -0.05) is 6.92 Å². The number of nitrogens with zero attached hydrogens (tertiary/aromatic N) is 6. The predicted molar refractivity (Wildman–Crippen MR) is 94.5 cm³/mol. The molecular weight excluding hydrogens is 304 g/mol. The summed E-state index contributed by atoms with van der Waals surface area (Å²) in [6, 6.07) is 2.15. The molecule has 0 amide bonds. The Kier molecular flexibility index (Phi) is 5.63. The molecule has 7 heteroatoms. The normalized spacial score (nSPS) is 19.0. The number of methoxy groups -OCH3 is 1. The molecule has 1 saturated heterocycles. The van der Waals surface area contributed by atoms with Crippen molar-refractivity contribution in [3.8, 4) is 0 Å². The van der Waals surface area contributed by atoms with Gasteiger partial charge in [-0.2, -0.15) is 9.61 Å². The lowest BCUT2D eigenvalue weighted by Gasteiger charge is -2.35. The first kappa shape index (κ1) is 17.1. The number of fused-ring (bicyclic) bond motifs is 1. The third-order valence-corrected chi connectivity index (χ3v) is 4.82. The lowest BCUT2D eigenvalue weighted by molar-refractivity contribution is 0.116. The highest BCUT2D eigenvalue weighted by molar-refractivity contribution is 5.67. The van der Waals surface area contributed by atoms with Crippen molar-refractivity contribution in [1.29, 1.82) is 0 Å². The van der Waals surface area contributed by atoms with Crippen LogP contribution in [0.15, 0.2) is 12.4 Å². The van der Waals surface area contributed by atoms with E-state index in [1.54, 1.807) is 18.0 Å². The van der Waals surface area contributed by atoms with Gasteiger partial charge in [0, 0.05) is 33.8 Å². The smallest absolute Gasteiger partial charge is 0.200 e. The van der Waals surface area contributed by atoms with Crippen molar-refractivity contribution >= 4 is 11.3 Å². The molecule has 132 valence electrons. The maximum Gasteiger partial charge on any atom is 0.200 e. The third kappa shape index (κ3) is 3.84. The summed E-state index contributed by atoms with van der Waals surface area (Å²) in [4.78, 5) is 4.83. The molecule has 0 aromatic carbocycles. The number of ether oxygens (including phenoxy) is 1. The van der Waals surface area contributed by atoms with E-state index in [9.17, 15) is 0 Å². The second-order valence-electron chi connectivity index (χ2n) is 6.66. The molecule has 1 aliphatic heterocycles. The van der Waals surface area contributed by atoms with Gasteiger partial charge in [-0.25, -0.2) is 0 Å². The van der Waals surface area contributed by atoms with E-state index < -0.39 is 0 Å². The average Bonchev–Trinajstić information content (AvgIpc) is 3.07. The lowest BCUT2D eigenvalue weighted by Crippen LogP contribution is -2.41. The summed E-state index contributed by atoms with van der Waals surface area (Å²) in [5.74, 6) is 0.668. The maximum atomic E-state index is 5.22. The Morgan fingerprint density at radius 2 is 2.29 bits per heavy atom. The summed E-state index contributed by atoms with van der Waals surface area (Å²) < 4.78 is 7.01. The van der Waals surface area contributed by atoms with Crippen molar-refractivity contribution in [2.75, 3.05) is 51.8 Å². The largest absolute Gasteiger partial charge is 0.383 e. The van der Waals surface area contributed by atoms with Crippen LogP contribution >= 0.6 is 0 Å². The number of hydrogen-bond donors (Lipinski definition) is 0. The van der Waals surface area contributed by atoms with Crippen LogP contribution in [0.2, 0.25) is 0 Å². The summed E-state index contributed by atoms with van der Waals surface area (Å²) in [5.41, 5.74) is 3.02. The van der Waals surface area contributed by atoms with Crippen LogP contribution in [0.1, 0.15) is 25.5 Å². The molecule has 0 aliphatic carbocycles. The van der Waals surface area contributed by atoms with Crippen molar-refractivity contribution in [3.63, 3.8) is 0 Å².